The molecule has 13 heteroatoms. The van der Waals surface area contributed by atoms with E-state index in [1.54, 1.807) is 12.2 Å². The third-order valence-corrected chi connectivity index (χ3v) is 8.22. The van der Waals surface area contributed by atoms with Gasteiger partial charge in [-0.05, 0) is 63.1 Å². The van der Waals surface area contributed by atoms with Gasteiger partial charge in [-0.2, -0.15) is 0 Å². The van der Waals surface area contributed by atoms with Gasteiger partial charge in [-0.3, -0.25) is 29.2 Å². The van der Waals surface area contributed by atoms with E-state index >= 15 is 4.39 Å². The molecular formula is C36H49FN4O8. The van der Waals surface area contributed by atoms with Crippen LogP contribution in [0.3, 0.4) is 0 Å². The lowest BCUT2D eigenvalue weighted by Crippen LogP contribution is -2.61. The Bertz CT molecular complexity index is 1540. The molecule has 0 radical (unpaired) electrons. The maximum atomic E-state index is 15.5. The Morgan fingerprint density at radius 3 is 2.49 bits per heavy atom. The first-order chi connectivity index (χ1) is 23.0. The van der Waals surface area contributed by atoms with E-state index in [9.17, 15) is 19.2 Å². The monoisotopic (exact) mass is 684 g/mol. The molecular weight excluding hydrogens is 635 g/mol. The smallest absolute Gasteiger partial charge is 0.324 e. The molecule has 0 aliphatic carbocycles. The summed E-state index contributed by atoms with van der Waals surface area (Å²) in [6.07, 6.45) is 3.18. The van der Waals surface area contributed by atoms with Crippen LogP contribution >= 0.6 is 0 Å². The maximum absolute atomic E-state index is 15.5. The number of fused-ring (bicyclic) bond motifs is 1. The minimum atomic E-state index is -2.32. The van der Waals surface area contributed by atoms with Crippen molar-refractivity contribution in [1.29, 1.82) is 0 Å². The molecule has 3 atom stereocenters. The highest BCUT2D eigenvalue weighted by Crippen LogP contribution is 2.31. The van der Waals surface area contributed by atoms with Gasteiger partial charge in [0.1, 0.15) is 24.3 Å². The van der Waals surface area contributed by atoms with Crippen molar-refractivity contribution in [3.05, 3.63) is 47.7 Å². The van der Waals surface area contributed by atoms with E-state index in [1.165, 1.54) is 11.9 Å². The van der Waals surface area contributed by atoms with Gasteiger partial charge in [-0.1, -0.05) is 58.0 Å². The molecule has 268 valence electrons. The van der Waals surface area contributed by atoms with E-state index in [2.05, 4.69) is 15.7 Å². The highest BCUT2D eigenvalue weighted by molar-refractivity contribution is 5.92. The van der Waals surface area contributed by atoms with Crippen molar-refractivity contribution >= 4 is 40.7 Å². The Morgan fingerprint density at radius 1 is 1.14 bits per heavy atom. The number of benzene rings is 1. The SMILES string of the molecule is CCc1ccc2ccc(/C=C/C3(C(=O)O[C@H](C(=O)N[C@@H](C)C(=O)N4CCC[C@@H](C(=O)OCC(C)(C)C)N4)C(C)(C)F)COCOC3)cc2n1. The first-order valence-electron chi connectivity index (χ1n) is 16.7. The summed E-state index contributed by atoms with van der Waals surface area (Å²) in [6.45, 7) is 11.7. The summed E-state index contributed by atoms with van der Waals surface area (Å²) in [5.74, 6) is -2.94. The number of halogens is 1. The van der Waals surface area contributed by atoms with Crippen LogP contribution in [-0.2, 0) is 44.5 Å². The number of aromatic nitrogens is 1. The van der Waals surface area contributed by atoms with Crippen LogP contribution in [0, 0.1) is 10.8 Å². The zero-order valence-corrected chi connectivity index (χ0v) is 29.5. The van der Waals surface area contributed by atoms with Crippen LogP contribution in [-0.4, -0.2) is 90.8 Å². The van der Waals surface area contributed by atoms with Crippen molar-refractivity contribution in [2.45, 2.75) is 91.6 Å². The van der Waals surface area contributed by atoms with Crippen molar-refractivity contribution in [3.8, 4) is 0 Å². The number of nitrogens with one attached hydrogen (secondary N) is 2. The van der Waals surface area contributed by atoms with Crippen LogP contribution in [0.15, 0.2) is 36.4 Å². The number of nitrogens with zero attached hydrogens (tertiary/aromatic N) is 2. The molecule has 0 unspecified atom stereocenters. The fraction of sp³-hybridized carbons (Fsp3) is 0.583. The lowest BCUT2D eigenvalue weighted by atomic mass is 9.88. The highest BCUT2D eigenvalue weighted by Gasteiger charge is 2.47. The third-order valence-electron chi connectivity index (χ3n) is 8.22. The van der Waals surface area contributed by atoms with Crippen LogP contribution in [0.4, 0.5) is 4.39 Å². The van der Waals surface area contributed by atoms with Crippen molar-refractivity contribution in [1.82, 2.24) is 20.7 Å². The molecule has 2 fully saturated rings. The number of rotatable bonds is 11. The Kier molecular flexibility index (Phi) is 12.2. The summed E-state index contributed by atoms with van der Waals surface area (Å²) in [6, 6.07) is 7.80. The van der Waals surface area contributed by atoms with Crippen LogP contribution in [0.5, 0.6) is 0 Å². The zero-order valence-electron chi connectivity index (χ0n) is 29.5. The molecule has 3 heterocycles. The average Bonchev–Trinajstić information content (AvgIpc) is 3.07. The van der Waals surface area contributed by atoms with Crippen LogP contribution in [0.25, 0.3) is 17.0 Å². The Hall–Kier alpha value is -3.94. The molecule has 2 aromatic rings. The molecule has 12 nitrogen and oxygen atoms in total. The molecule has 2 saturated heterocycles. The highest BCUT2D eigenvalue weighted by atomic mass is 19.1. The first-order valence-corrected chi connectivity index (χ1v) is 16.7. The number of hydrogen-bond acceptors (Lipinski definition) is 10. The standard InChI is InChI=1S/C36H49FN4O8/c1-8-26-14-13-25-12-11-24(18-28(25)39-26)15-16-36(20-46-22-47-21-36)33(45)49-29(35(6,7)37)30(42)38-23(2)31(43)41-17-9-10-27(40-41)32(44)48-19-34(3,4)5/h11-16,18,23,27,29,40H,8-10,17,19-22H2,1-7H3,(H,38,42)/b16-15+/t23-,27-,29+/m0/s1. The van der Waals surface area contributed by atoms with E-state index in [0.717, 1.165) is 42.4 Å². The number of esters is 2. The fourth-order valence-corrected chi connectivity index (χ4v) is 5.38. The normalized spacial score (nSPS) is 19.7. The van der Waals surface area contributed by atoms with Crippen LogP contribution < -0.4 is 10.7 Å². The topological polar surface area (TPSA) is 145 Å². The van der Waals surface area contributed by atoms with Crippen molar-refractivity contribution in [2.75, 3.05) is 33.2 Å². The lowest BCUT2D eigenvalue weighted by molar-refractivity contribution is -0.196. The van der Waals surface area contributed by atoms with E-state index < -0.39 is 53.0 Å². The summed E-state index contributed by atoms with van der Waals surface area (Å²) >= 11 is 0. The van der Waals surface area contributed by atoms with E-state index in [-0.39, 0.29) is 38.6 Å². The molecule has 0 saturated carbocycles. The predicted molar refractivity (Wildman–Crippen MR) is 180 cm³/mol. The molecule has 1 aromatic carbocycles. The van der Waals surface area contributed by atoms with Crippen molar-refractivity contribution in [3.63, 3.8) is 0 Å². The molecule has 2 N–H and O–H groups in total. The van der Waals surface area contributed by atoms with Crippen molar-refractivity contribution < 1.29 is 42.5 Å². The number of hydrogen-bond donors (Lipinski definition) is 2. The largest absolute Gasteiger partial charge is 0.464 e. The Balaban J connectivity index is 1.45. The average molecular weight is 685 g/mol. The number of hydrazine groups is 1. The number of aryl methyl sites for hydroxylation is 1. The van der Waals surface area contributed by atoms with Gasteiger partial charge in [0.2, 0.25) is 6.10 Å². The van der Waals surface area contributed by atoms with Gasteiger partial charge in [0.15, 0.2) is 5.67 Å². The Morgan fingerprint density at radius 2 is 1.84 bits per heavy atom. The molecule has 0 spiro atoms. The number of carbonyl (C=O) groups is 4. The summed E-state index contributed by atoms with van der Waals surface area (Å²) in [7, 11) is 0. The second-order valence-electron chi connectivity index (χ2n) is 14.5. The van der Waals surface area contributed by atoms with Crippen LogP contribution in [0.2, 0.25) is 0 Å². The molecule has 1 aromatic heterocycles. The minimum Gasteiger partial charge on any atom is -0.464 e. The van der Waals surface area contributed by atoms with Gasteiger partial charge < -0.3 is 24.3 Å². The number of ether oxygens (including phenoxy) is 4. The Labute approximate surface area is 287 Å². The second kappa shape index (κ2) is 15.7. The molecule has 0 bridgehead atoms. The summed E-state index contributed by atoms with van der Waals surface area (Å²) in [5.41, 5.74) is 1.37. The number of carbonyl (C=O) groups excluding carboxylic acids is 4. The van der Waals surface area contributed by atoms with Gasteiger partial charge >= 0.3 is 11.9 Å². The third kappa shape index (κ3) is 10.1. The first kappa shape index (κ1) is 37.9. The zero-order chi connectivity index (χ0) is 36.0. The van der Waals surface area contributed by atoms with Gasteiger partial charge in [0.25, 0.3) is 11.8 Å². The molecule has 4 rings (SSSR count). The van der Waals surface area contributed by atoms with E-state index in [1.807, 2.05) is 58.0 Å². The maximum Gasteiger partial charge on any atom is 0.324 e. The lowest BCUT2D eigenvalue weighted by Gasteiger charge is -2.36. The molecule has 2 aliphatic heterocycles. The van der Waals surface area contributed by atoms with Gasteiger partial charge in [0, 0.05) is 17.6 Å². The minimum absolute atomic E-state index is 0.0413. The molecule has 49 heavy (non-hydrogen) atoms. The van der Waals surface area contributed by atoms with E-state index in [4.69, 9.17) is 18.9 Å². The van der Waals surface area contributed by atoms with Gasteiger partial charge in [-0.25, -0.2) is 9.82 Å². The van der Waals surface area contributed by atoms with Crippen molar-refractivity contribution in [2.24, 2.45) is 10.8 Å². The van der Waals surface area contributed by atoms with Gasteiger partial charge in [-0.15, -0.1) is 0 Å². The summed E-state index contributed by atoms with van der Waals surface area (Å²) in [5, 5.41) is 4.70. The van der Waals surface area contributed by atoms with E-state index in [0.29, 0.717) is 12.8 Å². The van der Waals surface area contributed by atoms with Gasteiger partial charge in [0.05, 0.1) is 25.3 Å². The number of pyridine rings is 1. The predicted octanol–water partition coefficient (Wildman–Crippen LogP) is 4.05. The van der Waals surface area contributed by atoms with Crippen LogP contribution in [0.1, 0.15) is 72.6 Å². The fourth-order valence-electron chi connectivity index (χ4n) is 5.38. The molecule has 2 aliphatic rings. The number of amides is 2. The number of alkyl halides is 1. The summed E-state index contributed by atoms with van der Waals surface area (Å²) < 4.78 is 37.5. The second-order valence-corrected chi connectivity index (χ2v) is 14.5. The molecule has 2 amide bonds. The quantitative estimate of drug-likeness (QED) is 0.333. The summed E-state index contributed by atoms with van der Waals surface area (Å²) in [4.78, 5) is 57.8.